The fourth-order valence-corrected chi connectivity index (χ4v) is 2.57. The van der Waals surface area contributed by atoms with E-state index < -0.39 is 24.2 Å². The van der Waals surface area contributed by atoms with Crippen molar-refractivity contribution in [2.45, 2.75) is 34.1 Å². The number of benzene rings is 2. The molecule has 0 radical (unpaired) electrons. The molecule has 0 aliphatic carbocycles. The van der Waals surface area contributed by atoms with E-state index in [1.807, 2.05) is 12.1 Å². The van der Waals surface area contributed by atoms with Crippen LogP contribution in [0.15, 0.2) is 36.4 Å². The van der Waals surface area contributed by atoms with Crippen LogP contribution in [0.3, 0.4) is 0 Å². The zero-order chi connectivity index (χ0) is 25.8. The van der Waals surface area contributed by atoms with Crippen molar-refractivity contribution < 1.29 is 58.3 Å². The van der Waals surface area contributed by atoms with Crippen LogP contribution in [-0.2, 0) is 39.1 Å². The van der Waals surface area contributed by atoms with Crippen molar-refractivity contribution in [1.29, 1.82) is 0 Å². The highest BCUT2D eigenvalue weighted by molar-refractivity contribution is 5.91. The minimum atomic E-state index is -1.29. The quantitative estimate of drug-likeness (QED) is 0.202. The molecule has 0 spiro atoms. The van der Waals surface area contributed by atoms with Crippen molar-refractivity contribution in [2.24, 2.45) is 0 Å². The molecule has 0 saturated heterocycles. The van der Waals surface area contributed by atoms with Crippen LogP contribution in [0.5, 0.6) is 0 Å². The lowest BCUT2D eigenvalue weighted by Crippen LogP contribution is -2.15. The Kier molecular flexibility index (Phi) is 10.5. The third-order valence-electron chi connectivity index (χ3n) is 4.38. The van der Waals surface area contributed by atoms with Crippen molar-refractivity contribution in [2.75, 3.05) is 13.2 Å². The van der Waals surface area contributed by atoms with Crippen LogP contribution in [0.25, 0.3) is 0 Å². The van der Waals surface area contributed by atoms with Crippen molar-refractivity contribution in [1.82, 2.24) is 0 Å². The van der Waals surface area contributed by atoms with Gasteiger partial charge in [0.15, 0.2) is 0 Å². The van der Waals surface area contributed by atoms with Crippen LogP contribution in [0.4, 0.5) is 9.59 Å². The van der Waals surface area contributed by atoms with Gasteiger partial charge in [-0.3, -0.25) is 9.78 Å². The maximum absolute atomic E-state index is 11.9. The molecular weight excluding hydrogens is 468 g/mol. The fraction of sp³-hybridized carbons (Fsp3) is 0.304. The monoisotopic (exact) mass is 492 g/mol. The molecule has 12 heteroatoms. The third-order valence-corrected chi connectivity index (χ3v) is 4.38. The molecule has 0 aromatic heterocycles. The Morgan fingerprint density at radius 3 is 1.40 bits per heavy atom. The van der Waals surface area contributed by atoms with E-state index >= 15 is 0 Å². The molecule has 2 aromatic rings. The Bertz CT molecular complexity index is 979. The number of aryl methyl sites for hydroxylation is 4. The smallest absolute Gasteiger partial charge is 0.432 e. The van der Waals surface area contributed by atoms with Gasteiger partial charge in [-0.15, -0.1) is 0 Å². The Hall–Kier alpha value is -4.16. The average Bonchev–Trinajstić information content (AvgIpc) is 2.81. The minimum absolute atomic E-state index is 0.0503. The molecule has 0 fully saturated rings. The number of rotatable bonds is 10. The summed E-state index contributed by atoms with van der Waals surface area (Å²) in [7, 11) is 0. The van der Waals surface area contributed by atoms with E-state index in [4.69, 9.17) is 0 Å². The minimum Gasteiger partial charge on any atom is -0.432 e. The van der Waals surface area contributed by atoms with E-state index in [-0.39, 0.29) is 30.8 Å². The Morgan fingerprint density at radius 1 is 0.600 bits per heavy atom. The molecule has 12 nitrogen and oxygen atoms in total. The summed E-state index contributed by atoms with van der Waals surface area (Å²) in [5.41, 5.74) is 3.45. The highest BCUT2D eigenvalue weighted by Crippen LogP contribution is 2.13. The topological polar surface area (TPSA) is 142 Å². The van der Waals surface area contributed by atoms with Crippen LogP contribution in [-0.4, -0.2) is 37.5 Å². The lowest BCUT2D eigenvalue weighted by Gasteiger charge is -2.07. The van der Waals surface area contributed by atoms with Gasteiger partial charge < -0.3 is 9.47 Å². The maximum atomic E-state index is 11.9. The summed E-state index contributed by atoms with van der Waals surface area (Å²) in [4.78, 5) is 63.7. The summed E-state index contributed by atoms with van der Waals surface area (Å²) >= 11 is 0. The van der Waals surface area contributed by atoms with Crippen LogP contribution in [0.2, 0.25) is 0 Å². The first-order chi connectivity index (χ1) is 16.7. The van der Waals surface area contributed by atoms with Gasteiger partial charge in [0.25, 0.3) is 0 Å². The average molecular weight is 492 g/mol. The first-order valence-electron chi connectivity index (χ1n) is 10.3. The van der Waals surface area contributed by atoms with E-state index in [9.17, 15) is 19.2 Å². The molecule has 35 heavy (non-hydrogen) atoms. The second kappa shape index (κ2) is 13.5. The lowest BCUT2D eigenvalue weighted by molar-refractivity contribution is -0.452. The zero-order valence-corrected chi connectivity index (χ0v) is 19.5. The first kappa shape index (κ1) is 27.1. The lowest BCUT2D eigenvalue weighted by atomic mass is 10.1. The fourth-order valence-electron chi connectivity index (χ4n) is 2.57. The van der Waals surface area contributed by atoms with Crippen LogP contribution < -0.4 is 0 Å². The van der Waals surface area contributed by atoms with Crippen molar-refractivity contribution in [3.63, 3.8) is 0 Å². The molecular formula is C23H24O12. The van der Waals surface area contributed by atoms with E-state index in [1.165, 1.54) is 0 Å². The molecule has 0 bridgehead atoms. The first-order valence-corrected chi connectivity index (χ1v) is 10.3. The molecule has 0 unspecified atom stereocenters. The SMILES string of the molecule is Cc1ccc(C)c(C(=O)OOOC(=O)OCCCOC(=O)OOOC(=O)c2cc(C)ccc2C)c1. The van der Waals surface area contributed by atoms with Gasteiger partial charge in [-0.2, -0.15) is 0 Å². The zero-order valence-electron chi connectivity index (χ0n) is 19.5. The Labute approximate surface area is 200 Å². The summed E-state index contributed by atoms with van der Waals surface area (Å²) in [6.45, 7) is 6.53. The predicted octanol–water partition coefficient (Wildman–Crippen LogP) is 4.32. The van der Waals surface area contributed by atoms with Crippen molar-refractivity contribution >= 4 is 24.2 Å². The van der Waals surface area contributed by atoms with Crippen molar-refractivity contribution in [3.05, 3.63) is 69.8 Å². The van der Waals surface area contributed by atoms with E-state index in [0.29, 0.717) is 11.1 Å². The summed E-state index contributed by atoms with van der Waals surface area (Å²) < 4.78 is 9.25. The van der Waals surface area contributed by atoms with Gasteiger partial charge in [0.2, 0.25) is 0 Å². The molecule has 0 N–H and O–H groups in total. The Morgan fingerprint density at radius 2 is 1.00 bits per heavy atom. The molecule has 0 atom stereocenters. The third kappa shape index (κ3) is 9.31. The van der Waals surface area contributed by atoms with Gasteiger partial charge >= 0.3 is 24.2 Å². The number of hydrogen-bond acceptors (Lipinski definition) is 12. The maximum Gasteiger partial charge on any atom is 0.543 e. The predicted molar refractivity (Wildman–Crippen MR) is 114 cm³/mol. The van der Waals surface area contributed by atoms with Gasteiger partial charge in [-0.05, 0) is 51.0 Å². The largest absolute Gasteiger partial charge is 0.543 e. The molecule has 0 heterocycles. The van der Waals surface area contributed by atoms with Crippen molar-refractivity contribution in [3.8, 4) is 0 Å². The number of hydrogen-bond donors (Lipinski definition) is 0. The molecule has 188 valence electrons. The summed E-state index contributed by atoms with van der Waals surface area (Å²) in [6.07, 6.45) is -2.53. The number of carbonyl (C=O) groups excluding carboxylic acids is 4. The van der Waals surface area contributed by atoms with E-state index in [2.05, 4.69) is 39.1 Å². The number of carbonyl (C=O) groups is 4. The standard InChI is InChI=1S/C23H24O12/c1-14-6-8-16(3)18(12-14)20(24)30-34-32-22(26)28-10-5-11-29-23(27)33-35-31-21(25)19-13-15(2)7-9-17(19)4/h6-9,12-13H,5,10-11H2,1-4H3. The van der Waals surface area contributed by atoms with E-state index in [0.717, 1.165) is 11.1 Å². The van der Waals surface area contributed by atoms with Crippen LogP contribution in [0.1, 0.15) is 49.4 Å². The highest BCUT2D eigenvalue weighted by Gasteiger charge is 2.16. The molecule has 2 rings (SSSR count). The molecule has 0 amide bonds. The van der Waals surface area contributed by atoms with Gasteiger partial charge in [0.1, 0.15) is 0 Å². The molecule has 0 aliphatic heterocycles. The normalized spacial score (nSPS) is 10.2. The van der Waals surface area contributed by atoms with Gasteiger partial charge in [0, 0.05) is 6.42 Å². The molecule has 0 saturated carbocycles. The second-order valence-corrected chi connectivity index (χ2v) is 7.23. The van der Waals surface area contributed by atoms with Gasteiger partial charge in [0.05, 0.1) is 34.4 Å². The summed E-state index contributed by atoms with van der Waals surface area (Å²) in [5.74, 6) is -1.71. The van der Waals surface area contributed by atoms with Crippen LogP contribution in [0, 0.1) is 27.7 Å². The second-order valence-electron chi connectivity index (χ2n) is 7.23. The van der Waals surface area contributed by atoms with Gasteiger partial charge in [-0.1, -0.05) is 35.4 Å². The summed E-state index contributed by atoms with van der Waals surface area (Å²) in [6, 6.07) is 10.3. The van der Waals surface area contributed by atoms with Crippen LogP contribution >= 0.6 is 0 Å². The summed E-state index contributed by atoms with van der Waals surface area (Å²) in [5, 5.41) is 8.25. The number of ether oxygens (including phenoxy) is 2. The van der Waals surface area contributed by atoms with Gasteiger partial charge in [-0.25, -0.2) is 29.0 Å². The highest BCUT2D eigenvalue weighted by atomic mass is 17.5. The Balaban J connectivity index is 1.53. The molecule has 2 aromatic carbocycles. The van der Waals surface area contributed by atoms with E-state index in [1.54, 1.807) is 52.0 Å². The molecule has 0 aliphatic rings.